The van der Waals surface area contributed by atoms with Crippen LogP contribution < -0.4 is 11.1 Å². The van der Waals surface area contributed by atoms with Gasteiger partial charge in [-0.25, -0.2) is 0 Å². The Morgan fingerprint density at radius 1 is 1.22 bits per heavy atom. The Morgan fingerprint density at radius 2 is 2.04 bits per heavy atom. The number of hydrogen-bond donors (Lipinski definition) is 2. The topological polar surface area (TPSA) is 63.3 Å². The maximum Gasteiger partial charge on any atom is 0.188 e. The molecule has 0 saturated carbocycles. The quantitative estimate of drug-likeness (QED) is 0.637. The maximum absolute atomic E-state index is 5.97. The summed E-state index contributed by atoms with van der Waals surface area (Å²) in [6.07, 6.45) is 2.63. The number of benzene rings is 1. The molecule has 0 atom stereocenters. The fraction of sp³-hybridized carbons (Fsp3) is 0.368. The van der Waals surface area contributed by atoms with Gasteiger partial charge in [-0.2, -0.15) is 0 Å². The smallest absolute Gasteiger partial charge is 0.188 e. The van der Waals surface area contributed by atoms with Crippen LogP contribution >= 0.6 is 0 Å². The fourth-order valence-electron chi connectivity index (χ4n) is 2.36. The van der Waals surface area contributed by atoms with Gasteiger partial charge in [-0.15, -0.1) is 0 Å². The Morgan fingerprint density at radius 3 is 2.74 bits per heavy atom. The fourth-order valence-corrected chi connectivity index (χ4v) is 2.36. The molecule has 3 N–H and O–H groups in total. The average Bonchev–Trinajstić information content (AvgIpc) is 2.54. The van der Waals surface area contributed by atoms with Crippen molar-refractivity contribution in [1.29, 1.82) is 0 Å². The van der Waals surface area contributed by atoms with Crippen LogP contribution in [0.4, 0.5) is 0 Å². The van der Waals surface area contributed by atoms with E-state index in [-0.39, 0.29) is 5.41 Å². The minimum atomic E-state index is -0.0424. The van der Waals surface area contributed by atoms with E-state index in [9.17, 15) is 0 Å². The molecule has 0 radical (unpaired) electrons. The maximum atomic E-state index is 5.97. The lowest BCUT2D eigenvalue weighted by Gasteiger charge is -2.23. The van der Waals surface area contributed by atoms with Crippen LogP contribution in [0, 0.1) is 6.92 Å². The molecule has 0 spiro atoms. The van der Waals surface area contributed by atoms with E-state index in [1.165, 1.54) is 11.1 Å². The average molecular weight is 310 g/mol. The molecule has 0 saturated heterocycles. The molecular weight excluding hydrogens is 284 g/mol. The van der Waals surface area contributed by atoms with Crippen LogP contribution in [0.25, 0.3) is 0 Å². The first-order valence-electron chi connectivity index (χ1n) is 7.98. The molecule has 0 unspecified atom stereocenters. The van der Waals surface area contributed by atoms with Gasteiger partial charge in [0.25, 0.3) is 0 Å². The van der Waals surface area contributed by atoms with Crippen LogP contribution in [0.5, 0.6) is 0 Å². The molecule has 4 nitrogen and oxygen atoms in total. The van der Waals surface area contributed by atoms with E-state index in [0.717, 1.165) is 18.7 Å². The second-order valence-electron chi connectivity index (χ2n) is 6.45. The normalized spacial score (nSPS) is 12.2. The Balaban J connectivity index is 1.86. The molecule has 0 aliphatic carbocycles. The SMILES string of the molecule is Cc1cccc(C(C)(C)CN=C(N)NCCc2ccccn2)c1. The zero-order valence-corrected chi connectivity index (χ0v) is 14.2. The summed E-state index contributed by atoms with van der Waals surface area (Å²) < 4.78 is 0. The monoisotopic (exact) mass is 310 g/mol. The number of pyridine rings is 1. The molecular formula is C19H26N4. The van der Waals surface area contributed by atoms with E-state index < -0.39 is 0 Å². The molecule has 4 heteroatoms. The summed E-state index contributed by atoms with van der Waals surface area (Å²) >= 11 is 0. The number of nitrogens with one attached hydrogen (secondary N) is 1. The van der Waals surface area contributed by atoms with Gasteiger partial charge < -0.3 is 11.1 Å². The summed E-state index contributed by atoms with van der Waals surface area (Å²) in [4.78, 5) is 8.78. The van der Waals surface area contributed by atoms with E-state index in [4.69, 9.17) is 5.73 Å². The Bertz CT molecular complexity index is 647. The first kappa shape index (κ1) is 17.0. The minimum Gasteiger partial charge on any atom is -0.370 e. The van der Waals surface area contributed by atoms with Crippen molar-refractivity contribution in [2.75, 3.05) is 13.1 Å². The van der Waals surface area contributed by atoms with Crippen LogP contribution in [-0.2, 0) is 11.8 Å². The Kier molecular flexibility index (Phi) is 5.74. The van der Waals surface area contributed by atoms with Crippen molar-refractivity contribution in [2.24, 2.45) is 10.7 Å². The molecule has 0 fully saturated rings. The number of nitrogens with zero attached hydrogens (tertiary/aromatic N) is 2. The zero-order valence-electron chi connectivity index (χ0n) is 14.2. The van der Waals surface area contributed by atoms with Crippen molar-refractivity contribution < 1.29 is 0 Å². The van der Waals surface area contributed by atoms with Crippen LogP contribution in [0.1, 0.15) is 30.7 Å². The molecule has 0 aliphatic rings. The number of hydrogen-bond acceptors (Lipinski definition) is 2. The molecule has 23 heavy (non-hydrogen) atoms. The zero-order chi connectivity index (χ0) is 16.7. The largest absolute Gasteiger partial charge is 0.370 e. The van der Waals surface area contributed by atoms with Gasteiger partial charge in [0.15, 0.2) is 5.96 Å². The Hall–Kier alpha value is -2.36. The lowest BCUT2D eigenvalue weighted by atomic mass is 9.84. The molecule has 122 valence electrons. The van der Waals surface area contributed by atoms with Crippen molar-refractivity contribution in [3.8, 4) is 0 Å². The van der Waals surface area contributed by atoms with E-state index in [1.54, 1.807) is 6.20 Å². The predicted molar refractivity (Wildman–Crippen MR) is 96.6 cm³/mol. The molecule has 0 aliphatic heterocycles. The molecule has 1 aromatic carbocycles. The first-order chi connectivity index (χ1) is 11.0. The van der Waals surface area contributed by atoms with E-state index >= 15 is 0 Å². The molecule has 1 heterocycles. The van der Waals surface area contributed by atoms with E-state index in [2.05, 4.69) is 60.3 Å². The summed E-state index contributed by atoms with van der Waals surface area (Å²) in [6, 6.07) is 14.5. The predicted octanol–water partition coefficient (Wildman–Crippen LogP) is 2.81. The summed E-state index contributed by atoms with van der Waals surface area (Å²) in [7, 11) is 0. The van der Waals surface area contributed by atoms with Gasteiger partial charge in [-0.3, -0.25) is 9.98 Å². The van der Waals surface area contributed by atoms with Crippen molar-refractivity contribution >= 4 is 5.96 Å². The van der Waals surface area contributed by atoms with Crippen molar-refractivity contribution in [1.82, 2.24) is 10.3 Å². The van der Waals surface area contributed by atoms with Crippen LogP contribution in [0.2, 0.25) is 0 Å². The van der Waals surface area contributed by atoms with Gasteiger partial charge in [0.2, 0.25) is 0 Å². The van der Waals surface area contributed by atoms with E-state index in [0.29, 0.717) is 12.5 Å². The lowest BCUT2D eigenvalue weighted by Crippen LogP contribution is -2.35. The highest BCUT2D eigenvalue weighted by Gasteiger charge is 2.20. The van der Waals surface area contributed by atoms with Crippen LogP contribution in [-0.4, -0.2) is 24.0 Å². The third-order valence-corrected chi connectivity index (χ3v) is 3.86. The van der Waals surface area contributed by atoms with Gasteiger partial charge in [0.05, 0.1) is 6.54 Å². The third kappa shape index (κ3) is 5.40. The summed E-state index contributed by atoms with van der Waals surface area (Å²) in [5.74, 6) is 0.488. The van der Waals surface area contributed by atoms with Crippen molar-refractivity contribution in [2.45, 2.75) is 32.6 Å². The number of rotatable bonds is 6. The van der Waals surface area contributed by atoms with Crippen molar-refractivity contribution in [3.63, 3.8) is 0 Å². The summed E-state index contributed by atoms with van der Waals surface area (Å²) in [5.41, 5.74) is 9.52. The van der Waals surface area contributed by atoms with Gasteiger partial charge in [0, 0.05) is 30.3 Å². The molecule has 0 bridgehead atoms. The summed E-state index contributed by atoms with van der Waals surface area (Å²) in [6.45, 7) is 7.87. The molecule has 1 aromatic heterocycles. The summed E-state index contributed by atoms with van der Waals surface area (Å²) in [5, 5.41) is 3.15. The number of nitrogens with two attached hydrogens (primary N) is 1. The molecule has 2 aromatic rings. The minimum absolute atomic E-state index is 0.0424. The Labute approximate surface area is 138 Å². The van der Waals surface area contributed by atoms with Crippen molar-refractivity contribution in [3.05, 3.63) is 65.5 Å². The number of aliphatic imine (C=N–C) groups is 1. The highest BCUT2D eigenvalue weighted by Crippen LogP contribution is 2.24. The second kappa shape index (κ2) is 7.77. The van der Waals surface area contributed by atoms with Gasteiger partial charge in [-0.1, -0.05) is 49.7 Å². The number of aromatic nitrogens is 1. The van der Waals surface area contributed by atoms with E-state index in [1.807, 2.05) is 18.2 Å². The highest BCUT2D eigenvalue weighted by atomic mass is 15.1. The van der Waals surface area contributed by atoms with Gasteiger partial charge in [-0.05, 0) is 24.6 Å². The molecule has 2 rings (SSSR count). The first-order valence-corrected chi connectivity index (χ1v) is 7.98. The van der Waals surface area contributed by atoms with Gasteiger partial charge >= 0.3 is 0 Å². The lowest BCUT2D eigenvalue weighted by molar-refractivity contribution is 0.538. The molecule has 0 amide bonds. The number of aryl methyl sites for hydroxylation is 1. The number of guanidine groups is 1. The standard InChI is InChI=1S/C19H26N4/c1-15-7-6-8-16(13-15)19(2,3)14-23-18(20)22-12-10-17-9-4-5-11-21-17/h4-9,11,13H,10,12,14H2,1-3H3,(H3,20,22,23). The third-order valence-electron chi connectivity index (χ3n) is 3.86. The highest BCUT2D eigenvalue weighted by molar-refractivity contribution is 5.77. The van der Waals surface area contributed by atoms with Gasteiger partial charge in [0.1, 0.15) is 0 Å². The van der Waals surface area contributed by atoms with Crippen LogP contribution in [0.15, 0.2) is 53.7 Å². The second-order valence-corrected chi connectivity index (χ2v) is 6.45. The van der Waals surface area contributed by atoms with Crippen LogP contribution in [0.3, 0.4) is 0 Å².